The van der Waals surface area contributed by atoms with Crippen molar-refractivity contribution in [3.63, 3.8) is 0 Å². The van der Waals surface area contributed by atoms with Crippen LogP contribution in [0.4, 0.5) is 11.5 Å². The Morgan fingerprint density at radius 3 is 2.71 bits per heavy atom. The van der Waals surface area contributed by atoms with E-state index in [1.807, 2.05) is 19.9 Å². The molecule has 1 heterocycles. The molecule has 1 amide bonds. The molecule has 0 aliphatic heterocycles. The van der Waals surface area contributed by atoms with Crippen LogP contribution in [0.3, 0.4) is 0 Å². The summed E-state index contributed by atoms with van der Waals surface area (Å²) < 4.78 is 0. The Morgan fingerprint density at radius 1 is 1.24 bits per heavy atom. The summed E-state index contributed by atoms with van der Waals surface area (Å²) in [5.74, 6) is 0.236. The summed E-state index contributed by atoms with van der Waals surface area (Å²) in [6.45, 7) is 4.55. The molecule has 6 heteroatoms. The maximum absolute atomic E-state index is 12.3. The van der Waals surface area contributed by atoms with Crippen molar-refractivity contribution in [3.8, 4) is 0 Å². The number of aromatic nitrogens is 1. The maximum atomic E-state index is 12.3. The van der Waals surface area contributed by atoms with Crippen molar-refractivity contribution in [2.45, 2.75) is 13.8 Å². The van der Waals surface area contributed by atoms with Crippen LogP contribution in [0.1, 0.15) is 23.0 Å². The van der Waals surface area contributed by atoms with Gasteiger partial charge in [0.15, 0.2) is 0 Å². The van der Waals surface area contributed by atoms with E-state index in [9.17, 15) is 4.79 Å². The Hall–Kier alpha value is -1.78. The first-order valence-electron chi connectivity index (χ1n) is 6.49. The lowest BCUT2D eigenvalue weighted by atomic mass is 10.2. The summed E-state index contributed by atoms with van der Waals surface area (Å²) in [4.78, 5) is 16.5. The van der Waals surface area contributed by atoms with Crippen LogP contribution < -0.4 is 10.6 Å². The molecule has 1 aromatic carbocycles. The van der Waals surface area contributed by atoms with E-state index in [4.69, 9.17) is 23.2 Å². The number of pyridine rings is 1. The van der Waals surface area contributed by atoms with Crippen molar-refractivity contribution in [2.75, 3.05) is 17.2 Å². The Kier molecular flexibility index (Phi) is 5.04. The first-order chi connectivity index (χ1) is 10.0. The third-order valence-electron chi connectivity index (χ3n) is 2.87. The molecule has 0 bridgehead atoms. The number of rotatable bonds is 4. The average Bonchev–Trinajstić information content (AvgIpc) is 2.45. The molecule has 0 radical (unpaired) electrons. The summed E-state index contributed by atoms with van der Waals surface area (Å²) >= 11 is 12.0. The van der Waals surface area contributed by atoms with E-state index in [2.05, 4.69) is 15.6 Å². The van der Waals surface area contributed by atoms with E-state index in [1.165, 1.54) is 0 Å². The second kappa shape index (κ2) is 6.78. The fourth-order valence-electron chi connectivity index (χ4n) is 1.79. The molecule has 0 aliphatic rings. The van der Waals surface area contributed by atoms with Gasteiger partial charge >= 0.3 is 0 Å². The molecule has 0 fully saturated rings. The van der Waals surface area contributed by atoms with Crippen molar-refractivity contribution in [1.82, 2.24) is 4.98 Å². The van der Waals surface area contributed by atoms with E-state index in [-0.39, 0.29) is 11.6 Å². The van der Waals surface area contributed by atoms with Crippen molar-refractivity contribution in [3.05, 3.63) is 51.6 Å². The number of carbonyl (C=O) groups is 1. The normalized spacial score (nSPS) is 10.3. The fourth-order valence-corrected chi connectivity index (χ4v) is 2.15. The van der Waals surface area contributed by atoms with Gasteiger partial charge in [0.05, 0.1) is 5.02 Å². The minimum absolute atomic E-state index is 0.175. The first-order valence-corrected chi connectivity index (χ1v) is 7.24. The van der Waals surface area contributed by atoms with Crippen LogP contribution in [-0.4, -0.2) is 17.4 Å². The Balaban J connectivity index is 2.27. The van der Waals surface area contributed by atoms with Gasteiger partial charge in [-0.3, -0.25) is 4.79 Å². The highest BCUT2D eigenvalue weighted by Crippen LogP contribution is 2.22. The van der Waals surface area contributed by atoms with Crippen LogP contribution in [0.15, 0.2) is 30.3 Å². The summed E-state index contributed by atoms with van der Waals surface area (Å²) in [5, 5.41) is 6.67. The van der Waals surface area contributed by atoms with Crippen LogP contribution >= 0.6 is 23.2 Å². The highest BCUT2D eigenvalue weighted by Gasteiger charge is 2.14. The van der Waals surface area contributed by atoms with Crippen molar-refractivity contribution in [2.24, 2.45) is 0 Å². The van der Waals surface area contributed by atoms with Gasteiger partial charge in [-0.2, -0.15) is 0 Å². The Bertz CT molecular complexity index is 674. The lowest BCUT2D eigenvalue weighted by Crippen LogP contribution is -2.16. The molecule has 0 saturated carbocycles. The minimum Gasteiger partial charge on any atom is -0.370 e. The van der Waals surface area contributed by atoms with Crippen molar-refractivity contribution < 1.29 is 4.79 Å². The van der Waals surface area contributed by atoms with Crippen LogP contribution in [-0.2, 0) is 0 Å². The zero-order chi connectivity index (χ0) is 15.4. The molecule has 2 rings (SSSR count). The molecule has 21 heavy (non-hydrogen) atoms. The monoisotopic (exact) mass is 323 g/mol. The predicted molar refractivity (Wildman–Crippen MR) is 87.6 cm³/mol. The Labute approximate surface area is 133 Å². The number of amides is 1. The number of anilines is 2. The topological polar surface area (TPSA) is 54.0 Å². The summed E-state index contributed by atoms with van der Waals surface area (Å²) in [6, 6.07) is 8.67. The molecule has 0 unspecified atom stereocenters. The highest BCUT2D eigenvalue weighted by molar-refractivity contribution is 6.34. The van der Waals surface area contributed by atoms with E-state index in [0.717, 1.165) is 5.56 Å². The molecule has 0 spiro atoms. The lowest BCUT2D eigenvalue weighted by molar-refractivity contribution is 0.102. The molecule has 0 aliphatic carbocycles. The van der Waals surface area contributed by atoms with Gasteiger partial charge in [0.25, 0.3) is 5.91 Å². The van der Waals surface area contributed by atoms with Crippen LogP contribution in [0.25, 0.3) is 0 Å². The van der Waals surface area contributed by atoms with Crippen LogP contribution in [0, 0.1) is 6.92 Å². The van der Waals surface area contributed by atoms with Gasteiger partial charge in [0.2, 0.25) is 0 Å². The van der Waals surface area contributed by atoms with Crippen molar-refractivity contribution in [1.29, 1.82) is 0 Å². The molecule has 4 nitrogen and oxygen atoms in total. The molecule has 1 aromatic heterocycles. The van der Waals surface area contributed by atoms with E-state index < -0.39 is 0 Å². The number of nitrogens with zero attached hydrogens (tertiary/aromatic N) is 1. The average molecular weight is 324 g/mol. The first kappa shape index (κ1) is 15.6. The van der Waals surface area contributed by atoms with Gasteiger partial charge < -0.3 is 10.6 Å². The maximum Gasteiger partial charge on any atom is 0.275 e. The quantitative estimate of drug-likeness (QED) is 0.877. The Morgan fingerprint density at radius 2 is 2.00 bits per heavy atom. The third kappa shape index (κ3) is 3.86. The predicted octanol–water partition coefficient (Wildman–Crippen LogP) is 4.38. The van der Waals surface area contributed by atoms with E-state index in [0.29, 0.717) is 28.1 Å². The summed E-state index contributed by atoms with van der Waals surface area (Å²) in [6.07, 6.45) is 0. The number of halogens is 2. The number of carbonyl (C=O) groups excluding carboxylic acids is 1. The highest BCUT2D eigenvalue weighted by atomic mass is 35.5. The molecule has 2 N–H and O–H groups in total. The van der Waals surface area contributed by atoms with E-state index >= 15 is 0 Å². The van der Waals surface area contributed by atoms with Gasteiger partial charge in [0.1, 0.15) is 11.5 Å². The van der Waals surface area contributed by atoms with Gasteiger partial charge in [0, 0.05) is 17.3 Å². The number of nitrogens with one attached hydrogen (secondary N) is 2. The summed E-state index contributed by atoms with van der Waals surface area (Å²) in [5.41, 5.74) is 1.72. The minimum atomic E-state index is -0.370. The van der Waals surface area contributed by atoms with Crippen molar-refractivity contribution >= 4 is 40.6 Å². The zero-order valence-corrected chi connectivity index (χ0v) is 13.2. The second-order valence-electron chi connectivity index (χ2n) is 4.47. The summed E-state index contributed by atoms with van der Waals surface area (Å²) in [7, 11) is 0. The third-order valence-corrected chi connectivity index (χ3v) is 3.41. The standard InChI is InChI=1S/C15H15Cl2N3O/c1-3-18-13-7-6-11(17)14(20-13)15(21)19-12-8-10(16)5-4-9(12)2/h4-8H,3H2,1-2H3,(H,18,20)(H,19,21). The molecular weight excluding hydrogens is 309 g/mol. The number of hydrogen-bond acceptors (Lipinski definition) is 3. The second-order valence-corrected chi connectivity index (χ2v) is 5.31. The lowest BCUT2D eigenvalue weighted by Gasteiger charge is -2.10. The smallest absolute Gasteiger partial charge is 0.275 e. The molecule has 2 aromatic rings. The van der Waals surface area contributed by atoms with Gasteiger partial charge in [-0.1, -0.05) is 29.3 Å². The molecule has 0 saturated heterocycles. The number of aryl methyl sites for hydroxylation is 1. The van der Waals surface area contributed by atoms with Crippen LogP contribution in [0.5, 0.6) is 0 Å². The van der Waals surface area contributed by atoms with Gasteiger partial charge in [-0.15, -0.1) is 0 Å². The fraction of sp³-hybridized carbons (Fsp3) is 0.200. The number of benzene rings is 1. The largest absolute Gasteiger partial charge is 0.370 e. The van der Waals surface area contributed by atoms with Gasteiger partial charge in [-0.25, -0.2) is 4.98 Å². The van der Waals surface area contributed by atoms with Crippen LogP contribution in [0.2, 0.25) is 10.0 Å². The number of hydrogen-bond donors (Lipinski definition) is 2. The van der Waals surface area contributed by atoms with E-state index in [1.54, 1.807) is 24.3 Å². The SMILES string of the molecule is CCNc1ccc(Cl)c(C(=O)Nc2cc(Cl)ccc2C)n1. The molecule has 110 valence electrons. The zero-order valence-electron chi connectivity index (χ0n) is 11.7. The molecular formula is C15H15Cl2N3O. The van der Waals surface area contributed by atoms with Gasteiger partial charge in [-0.05, 0) is 43.7 Å². The molecule has 0 atom stereocenters.